The summed E-state index contributed by atoms with van der Waals surface area (Å²) < 4.78 is 1.97. The van der Waals surface area contributed by atoms with E-state index in [2.05, 4.69) is 18.9 Å². The number of pyridine rings is 1. The summed E-state index contributed by atoms with van der Waals surface area (Å²) in [5, 5.41) is 5.65. The van der Waals surface area contributed by atoms with Gasteiger partial charge in [-0.1, -0.05) is 25.1 Å². The van der Waals surface area contributed by atoms with Gasteiger partial charge in [0, 0.05) is 30.1 Å². The van der Waals surface area contributed by atoms with Gasteiger partial charge in [-0.25, -0.2) is 0 Å². The Kier molecular flexibility index (Phi) is 5.50. The molecule has 0 spiro atoms. The second-order valence-corrected chi connectivity index (χ2v) is 8.66. The number of hydrogen-bond donors (Lipinski definition) is 1. The van der Waals surface area contributed by atoms with Crippen molar-refractivity contribution in [3.05, 3.63) is 53.0 Å². The fourth-order valence-corrected chi connectivity index (χ4v) is 4.49. The number of amides is 1. The van der Waals surface area contributed by atoms with Crippen LogP contribution in [0.25, 0.3) is 10.9 Å². The van der Waals surface area contributed by atoms with Crippen LogP contribution in [0.5, 0.6) is 0 Å². The summed E-state index contributed by atoms with van der Waals surface area (Å²) in [5.41, 5.74) is 12.3. The van der Waals surface area contributed by atoms with Gasteiger partial charge in [0.2, 0.25) is 5.91 Å². The van der Waals surface area contributed by atoms with Crippen LogP contribution >= 0.6 is 0 Å². The van der Waals surface area contributed by atoms with Crippen LogP contribution in [-0.2, 0) is 11.3 Å². The molecule has 4 rings (SSSR count). The molecule has 1 saturated heterocycles. The maximum Gasteiger partial charge on any atom is 0.227 e. The van der Waals surface area contributed by atoms with E-state index in [0.717, 1.165) is 53.1 Å². The number of rotatable bonds is 4. The molecule has 2 atom stereocenters. The molecule has 0 radical (unpaired) electrons. The maximum atomic E-state index is 13.2. The van der Waals surface area contributed by atoms with E-state index in [1.165, 1.54) is 5.56 Å². The molecular weight excluding hydrogens is 374 g/mol. The number of para-hydroxylation sites is 1. The zero-order valence-corrected chi connectivity index (χ0v) is 18.4. The lowest BCUT2D eigenvalue weighted by molar-refractivity contribution is -0.136. The van der Waals surface area contributed by atoms with E-state index in [9.17, 15) is 4.79 Å². The van der Waals surface area contributed by atoms with Crippen molar-refractivity contribution >= 4 is 22.5 Å². The van der Waals surface area contributed by atoms with E-state index in [1.54, 1.807) is 0 Å². The highest BCUT2D eigenvalue weighted by molar-refractivity contribution is 5.82. The normalized spacial score (nSPS) is 18.0. The summed E-state index contributed by atoms with van der Waals surface area (Å²) in [6.07, 6.45) is 1.97. The number of nitrogen functional groups attached to an aromatic ring is 1. The number of piperidine rings is 1. The van der Waals surface area contributed by atoms with Gasteiger partial charge in [-0.15, -0.1) is 0 Å². The van der Waals surface area contributed by atoms with Crippen molar-refractivity contribution in [2.45, 2.75) is 53.0 Å². The molecule has 1 amide bonds. The molecule has 3 aromatic rings. The van der Waals surface area contributed by atoms with Crippen molar-refractivity contribution in [2.75, 3.05) is 18.8 Å². The molecule has 1 aliphatic rings. The van der Waals surface area contributed by atoms with Crippen LogP contribution in [0.4, 0.5) is 5.69 Å². The Morgan fingerprint density at radius 1 is 1.27 bits per heavy atom. The van der Waals surface area contributed by atoms with Gasteiger partial charge < -0.3 is 10.6 Å². The molecule has 6 nitrogen and oxygen atoms in total. The predicted octanol–water partition coefficient (Wildman–Crippen LogP) is 3.98. The van der Waals surface area contributed by atoms with Crippen LogP contribution in [-0.4, -0.2) is 38.7 Å². The second kappa shape index (κ2) is 8.09. The molecule has 0 bridgehead atoms. The Morgan fingerprint density at radius 2 is 2.03 bits per heavy atom. The quantitative estimate of drug-likeness (QED) is 0.712. The number of nitrogens with two attached hydrogens (primary N) is 1. The Labute approximate surface area is 178 Å². The number of carbonyl (C=O) groups excluding carboxylic acids is 1. The van der Waals surface area contributed by atoms with Crippen LogP contribution < -0.4 is 5.73 Å². The molecule has 2 aromatic heterocycles. The number of fused-ring (bicyclic) bond motifs is 1. The molecule has 1 aromatic carbocycles. The molecule has 0 unspecified atom stereocenters. The van der Waals surface area contributed by atoms with Gasteiger partial charge in [-0.2, -0.15) is 5.10 Å². The smallest absolute Gasteiger partial charge is 0.227 e. The average Bonchev–Trinajstić information content (AvgIpc) is 2.99. The van der Waals surface area contributed by atoms with E-state index in [4.69, 9.17) is 10.7 Å². The van der Waals surface area contributed by atoms with Gasteiger partial charge in [0.1, 0.15) is 0 Å². The third-order valence-corrected chi connectivity index (χ3v) is 6.52. The topological polar surface area (TPSA) is 77.0 Å². The summed E-state index contributed by atoms with van der Waals surface area (Å²) in [6, 6.07) is 10.0. The van der Waals surface area contributed by atoms with E-state index in [1.807, 2.05) is 53.8 Å². The predicted molar refractivity (Wildman–Crippen MR) is 120 cm³/mol. The Morgan fingerprint density at radius 3 is 2.77 bits per heavy atom. The fraction of sp³-hybridized carbons (Fsp3) is 0.458. The first-order valence-corrected chi connectivity index (χ1v) is 10.8. The Hall–Kier alpha value is -2.89. The number of anilines is 1. The highest BCUT2D eigenvalue weighted by Gasteiger charge is 2.30. The monoisotopic (exact) mass is 405 g/mol. The van der Waals surface area contributed by atoms with Crippen molar-refractivity contribution < 1.29 is 4.79 Å². The second-order valence-electron chi connectivity index (χ2n) is 8.66. The van der Waals surface area contributed by atoms with Crippen molar-refractivity contribution in [3.8, 4) is 0 Å². The zero-order chi connectivity index (χ0) is 21.4. The number of hydrogen-bond acceptors (Lipinski definition) is 4. The SMILES string of the molecule is Cc1nn(C[C@H](C)C(=O)N2CCC[C@H](c3nc4ccccc4cc3N)C2)c(C)c1C. The van der Waals surface area contributed by atoms with Crippen LogP contribution in [0.15, 0.2) is 30.3 Å². The molecule has 30 heavy (non-hydrogen) atoms. The first kappa shape index (κ1) is 20.4. The number of carbonyl (C=O) groups is 1. The minimum atomic E-state index is -0.122. The summed E-state index contributed by atoms with van der Waals surface area (Å²) in [7, 11) is 0. The average molecular weight is 406 g/mol. The van der Waals surface area contributed by atoms with Gasteiger partial charge >= 0.3 is 0 Å². The lowest BCUT2D eigenvalue weighted by atomic mass is 9.92. The highest BCUT2D eigenvalue weighted by Crippen LogP contribution is 2.32. The molecule has 2 N–H and O–H groups in total. The summed E-state index contributed by atoms with van der Waals surface area (Å²) in [5.74, 6) is 0.239. The molecule has 0 aliphatic carbocycles. The molecule has 6 heteroatoms. The zero-order valence-electron chi connectivity index (χ0n) is 18.4. The third kappa shape index (κ3) is 3.78. The number of benzene rings is 1. The van der Waals surface area contributed by atoms with Gasteiger partial charge in [0.05, 0.1) is 35.1 Å². The Balaban J connectivity index is 1.50. The van der Waals surface area contributed by atoms with Crippen molar-refractivity contribution in [1.82, 2.24) is 19.7 Å². The minimum absolute atomic E-state index is 0.122. The van der Waals surface area contributed by atoms with Crippen LogP contribution in [0.3, 0.4) is 0 Å². The third-order valence-electron chi connectivity index (χ3n) is 6.52. The molecule has 1 fully saturated rings. The van der Waals surface area contributed by atoms with Crippen LogP contribution in [0, 0.1) is 26.7 Å². The number of nitrogens with zero attached hydrogens (tertiary/aromatic N) is 4. The van der Waals surface area contributed by atoms with E-state index >= 15 is 0 Å². The first-order chi connectivity index (χ1) is 14.3. The van der Waals surface area contributed by atoms with Crippen LogP contribution in [0.1, 0.15) is 48.3 Å². The first-order valence-electron chi connectivity index (χ1n) is 10.8. The Bertz CT molecular complexity index is 1090. The summed E-state index contributed by atoms with van der Waals surface area (Å²) in [6.45, 7) is 10.2. The molecule has 158 valence electrons. The van der Waals surface area contributed by atoms with Gasteiger partial charge in [-0.3, -0.25) is 14.5 Å². The maximum absolute atomic E-state index is 13.2. The molecule has 1 aliphatic heterocycles. The van der Waals surface area contributed by atoms with Crippen molar-refractivity contribution in [1.29, 1.82) is 0 Å². The molecule has 0 saturated carbocycles. The lowest BCUT2D eigenvalue weighted by Gasteiger charge is -2.34. The van der Waals surface area contributed by atoms with Crippen molar-refractivity contribution in [3.63, 3.8) is 0 Å². The fourth-order valence-electron chi connectivity index (χ4n) is 4.49. The van der Waals surface area contributed by atoms with Gasteiger partial charge in [0.15, 0.2) is 0 Å². The number of aryl methyl sites for hydroxylation is 1. The standard InChI is InChI=1S/C24H31N5O/c1-15(13-29-18(4)16(2)17(3)27-29)24(30)28-11-7-9-20(14-28)23-21(25)12-19-8-5-6-10-22(19)26-23/h5-6,8,10,12,15,20H,7,9,11,13-14,25H2,1-4H3/t15-,20-/m0/s1. The molecule has 3 heterocycles. The van der Waals surface area contributed by atoms with E-state index in [-0.39, 0.29) is 17.7 Å². The van der Waals surface area contributed by atoms with Gasteiger partial charge in [-0.05, 0) is 51.3 Å². The van der Waals surface area contributed by atoms with Crippen LogP contribution in [0.2, 0.25) is 0 Å². The minimum Gasteiger partial charge on any atom is -0.397 e. The largest absolute Gasteiger partial charge is 0.397 e. The lowest BCUT2D eigenvalue weighted by Crippen LogP contribution is -2.43. The van der Waals surface area contributed by atoms with Gasteiger partial charge in [0.25, 0.3) is 0 Å². The number of aromatic nitrogens is 3. The van der Waals surface area contributed by atoms with E-state index in [0.29, 0.717) is 13.1 Å². The molecular formula is C24H31N5O. The number of likely N-dealkylation sites (tertiary alicyclic amines) is 1. The highest BCUT2D eigenvalue weighted by atomic mass is 16.2. The summed E-state index contributed by atoms with van der Waals surface area (Å²) >= 11 is 0. The summed E-state index contributed by atoms with van der Waals surface area (Å²) in [4.78, 5) is 20.1. The van der Waals surface area contributed by atoms with E-state index < -0.39 is 0 Å². The van der Waals surface area contributed by atoms with Crippen molar-refractivity contribution in [2.24, 2.45) is 5.92 Å².